The zero-order chi connectivity index (χ0) is 19.0. The Morgan fingerprint density at radius 3 is 1.75 bits per heavy atom. The summed E-state index contributed by atoms with van der Waals surface area (Å²) < 4.78 is 9.19. The zero-order valence-electron chi connectivity index (χ0n) is 13.9. The number of esters is 2. The van der Waals surface area contributed by atoms with Crippen LogP contribution in [-0.4, -0.2) is 26.2 Å². The second-order valence-corrected chi connectivity index (χ2v) is 6.17. The predicted molar refractivity (Wildman–Crippen MR) is 123 cm³/mol. The lowest BCUT2D eigenvalue weighted by Crippen LogP contribution is -2.04. The summed E-state index contributed by atoms with van der Waals surface area (Å²) in [5, 5.41) is 1.69. The summed E-state index contributed by atoms with van der Waals surface area (Å²) >= 11 is 15.0. The highest BCUT2D eigenvalue weighted by Crippen LogP contribution is 2.23. The Morgan fingerprint density at radius 2 is 1.29 bits per heavy atom. The molecule has 0 saturated heterocycles. The van der Waals surface area contributed by atoms with Crippen LogP contribution in [0.5, 0.6) is 0 Å². The van der Waals surface area contributed by atoms with Crippen molar-refractivity contribution in [1.82, 2.24) is 0 Å². The largest absolute Gasteiger partial charge is 0.465 e. The highest BCUT2D eigenvalue weighted by Gasteiger charge is 2.12. The standard InChI is InChI=1S/C9H8BrClO2.C9H9ClO2.3CH4/c1-13-9(12)6-3-2-4-8(11)7(6)5-10;1-6-7(9(11)12-2)4-3-5-8(6)10;;;/h2-4H,5H2,1H3;3-5H,1-2H3;3*1H4. The maximum absolute atomic E-state index is 11.2. The molecule has 0 aliphatic heterocycles. The van der Waals surface area contributed by atoms with Crippen LogP contribution < -0.4 is 0 Å². The fourth-order valence-electron chi connectivity index (χ4n) is 1.93. The molecule has 0 radical (unpaired) electrons. The average Bonchev–Trinajstić information content (AvgIpc) is 2.63. The van der Waals surface area contributed by atoms with E-state index in [1.54, 1.807) is 43.3 Å². The molecule has 0 aromatic heterocycles. The van der Waals surface area contributed by atoms with E-state index in [1.807, 2.05) is 0 Å². The van der Waals surface area contributed by atoms with E-state index in [0.29, 0.717) is 26.5 Å². The molecule has 0 amide bonds. The number of ether oxygens (including phenoxy) is 2. The van der Waals surface area contributed by atoms with Gasteiger partial charge in [-0.2, -0.15) is 0 Å². The molecular formula is C21H29BrCl2O4. The van der Waals surface area contributed by atoms with Crippen LogP contribution in [0.2, 0.25) is 10.0 Å². The summed E-state index contributed by atoms with van der Waals surface area (Å²) in [6.07, 6.45) is 0. The van der Waals surface area contributed by atoms with E-state index in [0.717, 1.165) is 11.1 Å². The van der Waals surface area contributed by atoms with E-state index in [-0.39, 0.29) is 34.2 Å². The van der Waals surface area contributed by atoms with Gasteiger partial charge in [-0.05, 0) is 42.3 Å². The molecule has 158 valence electrons. The molecule has 0 bridgehead atoms. The minimum atomic E-state index is -0.364. The topological polar surface area (TPSA) is 52.6 Å². The summed E-state index contributed by atoms with van der Waals surface area (Å²) in [6.45, 7) is 1.79. The van der Waals surface area contributed by atoms with Crippen molar-refractivity contribution in [2.24, 2.45) is 0 Å². The minimum absolute atomic E-state index is 0. The van der Waals surface area contributed by atoms with Gasteiger partial charge >= 0.3 is 11.9 Å². The van der Waals surface area contributed by atoms with E-state index in [1.165, 1.54) is 14.2 Å². The lowest BCUT2D eigenvalue weighted by Gasteiger charge is -2.06. The second-order valence-electron chi connectivity index (χ2n) is 4.80. The van der Waals surface area contributed by atoms with Crippen LogP contribution in [0.3, 0.4) is 0 Å². The van der Waals surface area contributed by atoms with Crippen LogP contribution in [0.25, 0.3) is 0 Å². The molecule has 0 spiro atoms. The van der Waals surface area contributed by atoms with Crippen molar-refractivity contribution in [3.63, 3.8) is 0 Å². The molecule has 0 N–H and O–H groups in total. The lowest BCUT2D eigenvalue weighted by molar-refractivity contribution is 0.0591. The monoisotopic (exact) mass is 494 g/mol. The van der Waals surface area contributed by atoms with Gasteiger partial charge in [0.25, 0.3) is 0 Å². The molecule has 0 aliphatic rings. The van der Waals surface area contributed by atoms with Gasteiger partial charge in [0.1, 0.15) is 0 Å². The molecule has 0 aliphatic carbocycles. The SMILES string of the molecule is C.C.C.COC(=O)c1cccc(Cl)c1C.COC(=O)c1cccc(Cl)c1CBr. The molecule has 0 saturated carbocycles. The van der Waals surface area contributed by atoms with Gasteiger partial charge in [-0.15, -0.1) is 0 Å². The summed E-state index contributed by atoms with van der Waals surface area (Å²) in [4.78, 5) is 22.3. The smallest absolute Gasteiger partial charge is 0.338 e. The Morgan fingerprint density at radius 1 is 0.857 bits per heavy atom. The molecule has 2 rings (SSSR count). The zero-order valence-corrected chi connectivity index (χ0v) is 17.0. The Balaban J connectivity index is -0.000000404. The average molecular weight is 496 g/mol. The van der Waals surface area contributed by atoms with Gasteiger partial charge in [-0.25, -0.2) is 9.59 Å². The number of carbonyl (C=O) groups is 2. The summed E-state index contributed by atoms with van der Waals surface area (Å²) in [7, 11) is 2.70. The fraction of sp³-hybridized carbons (Fsp3) is 0.333. The van der Waals surface area contributed by atoms with E-state index < -0.39 is 0 Å². The Bertz CT molecular complexity index is 764. The first-order chi connectivity index (χ1) is 11.9. The van der Waals surface area contributed by atoms with Crippen LogP contribution >= 0.6 is 39.1 Å². The van der Waals surface area contributed by atoms with Crippen molar-refractivity contribution in [3.05, 3.63) is 68.7 Å². The number of benzene rings is 2. The van der Waals surface area contributed by atoms with Crippen LogP contribution in [-0.2, 0) is 14.8 Å². The maximum Gasteiger partial charge on any atom is 0.338 e. The molecule has 28 heavy (non-hydrogen) atoms. The van der Waals surface area contributed by atoms with Gasteiger partial charge in [0, 0.05) is 15.4 Å². The van der Waals surface area contributed by atoms with Crippen molar-refractivity contribution in [2.45, 2.75) is 34.5 Å². The summed E-state index contributed by atoms with van der Waals surface area (Å²) in [6, 6.07) is 10.3. The van der Waals surface area contributed by atoms with Crippen molar-refractivity contribution < 1.29 is 19.1 Å². The Labute approximate surface area is 187 Å². The number of hydrogen-bond donors (Lipinski definition) is 0. The molecule has 0 heterocycles. The number of methoxy groups -OCH3 is 2. The molecule has 2 aromatic rings. The summed E-state index contributed by atoms with van der Waals surface area (Å²) in [5.41, 5.74) is 2.54. The van der Waals surface area contributed by atoms with E-state index in [2.05, 4.69) is 25.4 Å². The van der Waals surface area contributed by atoms with Gasteiger partial charge in [0.05, 0.1) is 25.3 Å². The molecular weight excluding hydrogens is 467 g/mol. The summed E-state index contributed by atoms with van der Waals surface area (Å²) in [5.74, 6) is -0.716. The number of hydrogen-bond acceptors (Lipinski definition) is 4. The molecule has 0 atom stereocenters. The van der Waals surface area contributed by atoms with Crippen LogP contribution in [0.15, 0.2) is 36.4 Å². The van der Waals surface area contributed by atoms with Crippen LogP contribution in [0.1, 0.15) is 54.1 Å². The van der Waals surface area contributed by atoms with Crippen LogP contribution in [0.4, 0.5) is 0 Å². The van der Waals surface area contributed by atoms with Gasteiger partial charge in [-0.1, -0.05) is 73.5 Å². The van der Waals surface area contributed by atoms with Gasteiger partial charge in [0.2, 0.25) is 0 Å². The third-order valence-corrected chi connectivity index (χ3v) is 4.66. The minimum Gasteiger partial charge on any atom is -0.465 e. The Hall–Kier alpha value is -1.56. The Kier molecular flexibility index (Phi) is 17.1. The van der Waals surface area contributed by atoms with Gasteiger partial charge in [0.15, 0.2) is 0 Å². The second kappa shape index (κ2) is 15.4. The first-order valence-corrected chi connectivity index (χ1v) is 9.00. The molecule has 2 aromatic carbocycles. The van der Waals surface area contributed by atoms with Crippen molar-refractivity contribution >= 4 is 51.1 Å². The molecule has 0 fully saturated rings. The third-order valence-electron chi connectivity index (χ3n) is 3.33. The normalized spacial score (nSPS) is 8.64. The van der Waals surface area contributed by atoms with E-state index >= 15 is 0 Å². The number of alkyl halides is 1. The van der Waals surface area contributed by atoms with Crippen molar-refractivity contribution in [3.8, 4) is 0 Å². The first kappa shape index (κ1) is 31.1. The van der Waals surface area contributed by atoms with Crippen molar-refractivity contribution in [1.29, 1.82) is 0 Å². The number of halogens is 3. The molecule has 4 nitrogen and oxygen atoms in total. The predicted octanol–water partition coefficient (Wildman–Crippen LogP) is 7.36. The quantitative estimate of drug-likeness (QED) is 0.329. The highest BCUT2D eigenvalue weighted by molar-refractivity contribution is 9.08. The van der Waals surface area contributed by atoms with E-state index in [9.17, 15) is 9.59 Å². The number of rotatable bonds is 3. The van der Waals surface area contributed by atoms with E-state index in [4.69, 9.17) is 23.2 Å². The highest BCUT2D eigenvalue weighted by atomic mass is 79.9. The number of carbonyl (C=O) groups excluding carboxylic acids is 2. The van der Waals surface area contributed by atoms with Crippen molar-refractivity contribution in [2.75, 3.05) is 14.2 Å². The van der Waals surface area contributed by atoms with Gasteiger partial charge < -0.3 is 9.47 Å². The first-order valence-electron chi connectivity index (χ1n) is 7.12. The molecule has 0 unspecified atom stereocenters. The van der Waals surface area contributed by atoms with Crippen LogP contribution in [0, 0.1) is 6.92 Å². The van der Waals surface area contributed by atoms with Gasteiger partial charge in [-0.3, -0.25) is 0 Å². The molecule has 7 heteroatoms. The third kappa shape index (κ3) is 8.21. The fourth-order valence-corrected chi connectivity index (χ4v) is 3.12. The lowest BCUT2D eigenvalue weighted by atomic mass is 10.1. The maximum atomic E-state index is 11.2.